The van der Waals surface area contributed by atoms with Gasteiger partial charge in [-0.3, -0.25) is 14.5 Å². The van der Waals surface area contributed by atoms with Crippen molar-refractivity contribution in [3.05, 3.63) is 58.5 Å². The molecule has 3 aliphatic heterocycles. The molecule has 2 fully saturated rings. The van der Waals surface area contributed by atoms with Crippen LogP contribution < -0.4 is 5.56 Å². The standard InChI is InChI=1S/C25H31N3O4/c1-2-10-27-22-19(20(16-29)23(27)25(31)26-11-13-32-14-12-26)15-28-21(22)9-8-18(24(28)30)17-6-4-3-5-7-17/h3-9,19-20,22-23,29H,2,10-16H2,1H3/t19-,20-,22+,23-/m1/s1. The van der Waals surface area contributed by atoms with Crippen LogP contribution in [0.25, 0.3) is 11.1 Å². The van der Waals surface area contributed by atoms with Gasteiger partial charge in [-0.2, -0.15) is 0 Å². The van der Waals surface area contributed by atoms with Gasteiger partial charge in [-0.05, 0) is 30.7 Å². The van der Waals surface area contributed by atoms with E-state index in [0.29, 0.717) is 38.4 Å². The van der Waals surface area contributed by atoms with E-state index in [-0.39, 0.29) is 42.0 Å². The second kappa shape index (κ2) is 8.81. The lowest BCUT2D eigenvalue weighted by atomic mass is 9.88. The van der Waals surface area contributed by atoms with Gasteiger partial charge in [-0.15, -0.1) is 0 Å². The molecule has 0 saturated carbocycles. The summed E-state index contributed by atoms with van der Waals surface area (Å²) in [4.78, 5) is 31.1. The molecule has 0 spiro atoms. The minimum atomic E-state index is -0.356. The van der Waals surface area contributed by atoms with Gasteiger partial charge in [0.2, 0.25) is 5.91 Å². The highest BCUT2D eigenvalue weighted by molar-refractivity contribution is 5.83. The van der Waals surface area contributed by atoms with Crippen molar-refractivity contribution in [3.8, 4) is 11.1 Å². The van der Waals surface area contributed by atoms with Gasteiger partial charge >= 0.3 is 0 Å². The Morgan fingerprint density at radius 3 is 2.56 bits per heavy atom. The van der Waals surface area contributed by atoms with Gasteiger partial charge in [0.15, 0.2) is 0 Å². The zero-order chi connectivity index (χ0) is 22.2. The van der Waals surface area contributed by atoms with Crippen LogP contribution in [0.1, 0.15) is 25.1 Å². The van der Waals surface area contributed by atoms with Crippen LogP contribution in [0, 0.1) is 11.8 Å². The molecule has 0 bridgehead atoms. The first-order chi connectivity index (χ1) is 15.7. The second-order valence-corrected chi connectivity index (χ2v) is 9.03. The van der Waals surface area contributed by atoms with Gasteiger partial charge < -0.3 is 19.3 Å². The Bertz CT molecular complexity index is 1030. The minimum Gasteiger partial charge on any atom is -0.396 e. The van der Waals surface area contributed by atoms with Crippen molar-refractivity contribution in [1.29, 1.82) is 0 Å². The van der Waals surface area contributed by atoms with Crippen LogP contribution in [0.4, 0.5) is 0 Å². The van der Waals surface area contributed by atoms with Gasteiger partial charge in [0.1, 0.15) is 0 Å². The molecule has 4 atom stereocenters. The van der Waals surface area contributed by atoms with Crippen molar-refractivity contribution in [2.45, 2.75) is 32.0 Å². The SMILES string of the molecule is CCCN1[C@@H]2c3ccc(-c4ccccc4)c(=O)n3C[C@@H]2[C@@H](CO)[C@@H]1C(=O)N1CCOCC1. The zero-order valence-corrected chi connectivity index (χ0v) is 18.5. The summed E-state index contributed by atoms with van der Waals surface area (Å²) >= 11 is 0. The summed E-state index contributed by atoms with van der Waals surface area (Å²) < 4.78 is 7.30. The molecular weight excluding hydrogens is 406 g/mol. The van der Waals surface area contributed by atoms with Crippen molar-refractivity contribution in [2.24, 2.45) is 11.8 Å². The molecule has 1 aromatic heterocycles. The second-order valence-electron chi connectivity index (χ2n) is 9.03. The molecule has 0 aliphatic carbocycles. The maximum atomic E-state index is 13.6. The van der Waals surface area contributed by atoms with Crippen LogP contribution in [-0.2, 0) is 16.1 Å². The van der Waals surface area contributed by atoms with Crippen LogP contribution in [0.5, 0.6) is 0 Å². The van der Waals surface area contributed by atoms with Gasteiger partial charge in [-0.1, -0.05) is 37.3 Å². The van der Waals surface area contributed by atoms with E-state index in [1.165, 1.54) is 0 Å². The third-order valence-electron chi connectivity index (χ3n) is 7.33. The van der Waals surface area contributed by atoms with Crippen molar-refractivity contribution >= 4 is 5.91 Å². The maximum Gasteiger partial charge on any atom is 0.258 e. The topological polar surface area (TPSA) is 75.0 Å². The van der Waals surface area contributed by atoms with Crippen LogP contribution >= 0.6 is 0 Å². The number of benzene rings is 1. The first-order valence-corrected chi connectivity index (χ1v) is 11.7. The Morgan fingerprint density at radius 2 is 1.88 bits per heavy atom. The zero-order valence-electron chi connectivity index (χ0n) is 18.5. The lowest BCUT2D eigenvalue weighted by Crippen LogP contribution is -2.53. The number of carbonyl (C=O) groups is 1. The lowest BCUT2D eigenvalue weighted by Gasteiger charge is -2.36. The van der Waals surface area contributed by atoms with Crippen LogP contribution in [0.3, 0.4) is 0 Å². The number of fused-ring (bicyclic) bond motifs is 3. The Labute approximate surface area is 188 Å². The van der Waals surface area contributed by atoms with E-state index < -0.39 is 0 Å². The molecule has 3 aliphatic rings. The molecular formula is C25H31N3O4. The summed E-state index contributed by atoms with van der Waals surface area (Å²) in [7, 11) is 0. The molecule has 1 N–H and O–H groups in total. The lowest BCUT2D eigenvalue weighted by molar-refractivity contribution is -0.142. The number of carbonyl (C=O) groups excluding carboxylic acids is 1. The average molecular weight is 438 g/mol. The Kier molecular flexibility index (Phi) is 5.88. The van der Waals surface area contributed by atoms with E-state index in [9.17, 15) is 14.7 Å². The largest absolute Gasteiger partial charge is 0.396 e. The number of aliphatic hydroxyl groups excluding tert-OH is 1. The number of hydrogen-bond donors (Lipinski definition) is 1. The molecule has 2 aromatic rings. The normalized spacial score (nSPS) is 27.4. The number of ether oxygens (including phenoxy) is 1. The molecule has 0 unspecified atom stereocenters. The average Bonchev–Trinajstić information content (AvgIpc) is 3.36. The smallest absolute Gasteiger partial charge is 0.258 e. The monoisotopic (exact) mass is 437 g/mol. The summed E-state index contributed by atoms with van der Waals surface area (Å²) in [6.45, 7) is 5.66. The van der Waals surface area contributed by atoms with E-state index in [2.05, 4.69) is 11.8 Å². The number of morpholine rings is 1. The first-order valence-electron chi connectivity index (χ1n) is 11.7. The van der Waals surface area contributed by atoms with Crippen molar-refractivity contribution in [2.75, 3.05) is 39.5 Å². The summed E-state index contributed by atoms with van der Waals surface area (Å²) in [5.41, 5.74) is 2.57. The summed E-state index contributed by atoms with van der Waals surface area (Å²) in [5, 5.41) is 10.4. The summed E-state index contributed by atoms with van der Waals surface area (Å²) in [6.07, 6.45) is 0.903. The molecule has 7 heteroatoms. The minimum absolute atomic E-state index is 0.00675. The van der Waals surface area contributed by atoms with E-state index in [0.717, 1.165) is 24.2 Å². The molecule has 2 saturated heterocycles. The number of aliphatic hydroxyl groups is 1. The van der Waals surface area contributed by atoms with E-state index in [1.54, 1.807) is 0 Å². The van der Waals surface area contributed by atoms with Crippen LogP contribution in [-0.4, -0.2) is 70.9 Å². The predicted octanol–water partition coefficient (Wildman–Crippen LogP) is 1.75. The Hall–Kier alpha value is -2.48. The first kappa shape index (κ1) is 21.4. The number of pyridine rings is 1. The highest BCUT2D eigenvalue weighted by Gasteiger charge is 2.55. The predicted molar refractivity (Wildman–Crippen MR) is 121 cm³/mol. The Balaban J connectivity index is 1.53. The maximum absolute atomic E-state index is 13.6. The van der Waals surface area contributed by atoms with Gasteiger partial charge in [0.05, 0.1) is 25.3 Å². The molecule has 5 rings (SSSR count). The molecule has 32 heavy (non-hydrogen) atoms. The highest BCUT2D eigenvalue weighted by Crippen LogP contribution is 2.49. The van der Waals surface area contributed by atoms with Crippen molar-refractivity contribution < 1.29 is 14.6 Å². The van der Waals surface area contributed by atoms with E-state index in [1.807, 2.05) is 51.9 Å². The number of rotatable bonds is 5. The molecule has 4 heterocycles. The molecule has 1 aromatic carbocycles. The summed E-state index contributed by atoms with van der Waals surface area (Å²) in [6, 6.07) is 13.3. The molecule has 170 valence electrons. The summed E-state index contributed by atoms with van der Waals surface area (Å²) in [5.74, 6) is -0.0633. The molecule has 7 nitrogen and oxygen atoms in total. The fourth-order valence-corrected chi connectivity index (χ4v) is 5.91. The fraction of sp³-hybridized carbons (Fsp3) is 0.520. The van der Waals surface area contributed by atoms with Gasteiger partial charge in [-0.25, -0.2) is 0 Å². The number of nitrogens with zero attached hydrogens (tertiary/aromatic N) is 3. The van der Waals surface area contributed by atoms with Crippen molar-refractivity contribution in [1.82, 2.24) is 14.4 Å². The third-order valence-corrected chi connectivity index (χ3v) is 7.33. The molecule has 1 amide bonds. The number of likely N-dealkylation sites (tertiary alicyclic amines) is 1. The van der Waals surface area contributed by atoms with Gasteiger partial charge in [0.25, 0.3) is 5.56 Å². The van der Waals surface area contributed by atoms with E-state index >= 15 is 0 Å². The fourth-order valence-electron chi connectivity index (χ4n) is 5.91. The van der Waals surface area contributed by atoms with Crippen molar-refractivity contribution in [3.63, 3.8) is 0 Å². The highest BCUT2D eigenvalue weighted by atomic mass is 16.5. The van der Waals surface area contributed by atoms with Gasteiger partial charge in [0, 0.05) is 49.3 Å². The number of hydrogen-bond acceptors (Lipinski definition) is 5. The third kappa shape index (κ3) is 3.39. The van der Waals surface area contributed by atoms with Crippen LogP contribution in [0.2, 0.25) is 0 Å². The number of aromatic nitrogens is 1. The van der Waals surface area contributed by atoms with E-state index in [4.69, 9.17) is 4.74 Å². The quantitative estimate of drug-likeness (QED) is 0.772. The number of amides is 1. The Morgan fingerprint density at radius 1 is 1.12 bits per heavy atom. The molecule has 0 radical (unpaired) electrons. The van der Waals surface area contributed by atoms with Crippen LogP contribution in [0.15, 0.2) is 47.3 Å².